The van der Waals surface area contributed by atoms with Crippen LogP contribution in [0.1, 0.15) is 41.6 Å². The molecule has 1 saturated carbocycles. The number of carbonyl (C=O) groups is 5. The summed E-state index contributed by atoms with van der Waals surface area (Å²) < 4.78 is 73.5. The minimum Gasteiger partial charge on any atom is -0.508 e. The number of aromatic hydroxyl groups is 1. The van der Waals surface area contributed by atoms with Crippen LogP contribution in [-0.4, -0.2) is 44.3 Å². The Labute approximate surface area is 297 Å². The molecule has 4 amide bonds. The average Bonchev–Trinajstić information content (AvgIpc) is 3.42. The third-order valence-corrected chi connectivity index (χ3v) is 12.0. The lowest BCUT2D eigenvalue weighted by Crippen LogP contribution is -2.60. The third-order valence-electron chi connectivity index (χ3n) is 10.1. The number of benzene rings is 3. The Kier molecular flexibility index (Phi) is 7.85. The minimum atomic E-state index is -2.77. The first-order valence-electron chi connectivity index (χ1n) is 14.9. The molecule has 0 aromatic heterocycles. The highest BCUT2D eigenvalue weighted by atomic mass is 79.9. The van der Waals surface area contributed by atoms with Crippen molar-refractivity contribution in [1.82, 2.24) is 0 Å². The van der Waals surface area contributed by atoms with E-state index in [1.807, 2.05) is 0 Å². The number of rotatable bonds is 4. The van der Waals surface area contributed by atoms with Gasteiger partial charge in [-0.3, -0.25) is 28.9 Å². The molecule has 4 aliphatic rings. The Hall–Kier alpha value is -4.14. The second-order valence-electron chi connectivity index (χ2n) is 12.5. The van der Waals surface area contributed by atoms with Gasteiger partial charge in [-0.2, -0.15) is 0 Å². The summed E-state index contributed by atoms with van der Waals surface area (Å²) in [6.07, 6.45) is 0.743. The van der Waals surface area contributed by atoms with E-state index < -0.39 is 104 Å². The Morgan fingerprint density at radius 1 is 0.840 bits per heavy atom. The van der Waals surface area contributed by atoms with Gasteiger partial charge < -0.3 is 5.11 Å². The standard InChI is InChI=1S/C34H20BrCl2F5N2O6/c1-12(45)13-2-5-15(6-3-13)43-29(47)17-8-7-16-19(21(17)30(43)48)11-33(36)31(49)44(28-26(41)24(39)23(38)25(40)27(28)42)32(50)34(33,37)22(16)18-10-14(35)4-9-20(18)46/h2-7,9-10,17,19,21-22,46H,8,11H2,1H3/t17-,19+,21-,22+,33+,34-/m0/s1. The molecule has 0 unspecified atom stereocenters. The summed E-state index contributed by atoms with van der Waals surface area (Å²) in [5, 5.41) is 11.1. The first-order valence-corrected chi connectivity index (χ1v) is 16.5. The number of amides is 4. The van der Waals surface area contributed by atoms with Gasteiger partial charge in [-0.1, -0.05) is 27.6 Å². The first kappa shape index (κ1) is 34.3. The quantitative estimate of drug-likeness (QED) is 0.0590. The molecule has 1 N–H and O–H groups in total. The van der Waals surface area contributed by atoms with Gasteiger partial charge in [0.2, 0.25) is 17.6 Å². The lowest BCUT2D eigenvalue weighted by Gasteiger charge is -2.50. The Balaban J connectivity index is 1.42. The van der Waals surface area contributed by atoms with Crippen LogP contribution in [0.2, 0.25) is 0 Å². The zero-order valence-electron chi connectivity index (χ0n) is 25.2. The molecule has 2 aliphatic carbocycles. The van der Waals surface area contributed by atoms with Gasteiger partial charge in [-0.05, 0) is 68.1 Å². The van der Waals surface area contributed by atoms with Crippen molar-refractivity contribution in [1.29, 1.82) is 0 Å². The van der Waals surface area contributed by atoms with E-state index in [1.165, 1.54) is 55.5 Å². The molecule has 3 aromatic rings. The van der Waals surface area contributed by atoms with E-state index in [4.69, 9.17) is 23.2 Å². The van der Waals surface area contributed by atoms with Crippen LogP contribution in [0.3, 0.4) is 0 Å². The predicted molar refractivity (Wildman–Crippen MR) is 171 cm³/mol. The van der Waals surface area contributed by atoms with E-state index in [2.05, 4.69) is 15.9 Å². The average molecular weight is 798 g/mol. The molecule has 0 spiro atoms. The summed E-state index contributed by atoms with van der Waals surface area (Å²) in [7, 11) is 0. The zero-order valence-corrected chi connectivity index (χ0v) is 28.3. The van der Waals surface area contributed by atoms with E-state index in [0.717, 1.165) is 4.90 Å². The summed E-state index contributed by atoms with van der Waals surface area (Å²) in [4.78, 5) is 63.5. The van der Waals surface area contributed by atoms with E-state index in [-0.39, 0.29) is 33.9 Å². The molecule has 2 aliphatic heterocycles. The van der Waals surface area contributed by atoms with Gasteiger partial charge in [0, 0.05) is 21.5 Å². The van der Waals surface area contributed by atoms with Crippen molar-refractivity contribution >= 4 is 79.9 Å². The molecule has 258 valence electrons. The number of halogens is 8. The highest BCUT2D eigenvalue weighted by Crippen LogP contribution is 2.67. The third kappa shape index (κ3) is 4.37. The summed E-state index contributed by atoms with van der Waals surface area (Å²) in [5.74, 6) is -22.8. The maximum Gasteiger partial charge on any atom is 0.258 e. The van der Waals surface area contributed by atoms with E-state index in [1.54, 1.807) is 0 Å². The normalized spacial score (nSPS) is 28.9. The maximum atomic E-state index is 15.2. The summed E-state index contributed by atoms with van der Waals surface area (Å²) in [6.45, 7) is 1.34. The van der Waals surface area contributed by atoms with Gasteiger partial charge in [0.25, 0.3) is 11.8 Å². The number of hydrogen-bond acceptors (Lipinski definition) is 6. The number of ketones is 1. The van der Waals surface area contributed by atoms with Gasteiger partial charge in [0.1, 0.15) is 11.4 Å². The lowest BCUT2D eigenvalue weighted by molar-refractivity contribution is -0.125. The highest BCUT2D eigenvalue weighted by Gasteiger charge is 2.77. The smallest absolute Gasteiger partial charge is 0.258 e. The van der Waals surface area contributed by atoms with E-state index >= 15 is 8.78 Å². The molecule has 6 atom stereocenters. The van der Waals surface area contributed by atoms with Crippen molar-refractivity contribution in [2.24, 2.45) is 17.8 Å². The Morgan fingerprint density at radius 2 is 1.44 bits per heavy atom. The molecule has 2 saturated heterocycles. The molecule has 50 heavy (non-hydrogen) atoms. The molecule has 3 aromatic carbocycles. The second-order valence-corrected chi connectivity index (χ2v) is 14.7. The second kappa shape index (κ2) is 11.4. The molecule has 2 heterocycles. The number of allylic oxidation sites excluding steroid dienone is 2. The van der Waals surface area contributed by atoms with Crippen LogP contribution < -0.4 is 9.80 Å². The van der Waals surface area contributed by atoms with Crippen molar-refractivity contribution in [3.05, 3.63) is 98.8 Å². The Morgan fingerprint density at radius 3 is 2.04 bits per heavy atom. The fourth-order valence-electron chi connectivity index (χ4n) is 7.77. The molecule has 0 bridgehead atoms. The number of hydrogen-bond donors (Lipinski definition) is 1. The minimum absolute atomic E-state index is 0.0832. The van der Waals surface area contributed by atoms with Gasteiger partial charge in [0.15, 0.2) is 38.8 Å². The van der Waals surface area contributed by atoms with Crippen LogP contribution in [0.25, 0.3) is 0 Å². The largest absolute Gasteiger partial charge is 0.508 e. The number of alkyl halides is 2. The number of phenols is 1. The van der Waals surface area contributed by atoms with Crippen LogP contribution in [0.5, 0.6) is 5.75 Å². The number of phenolic OH excluding ortho intramolecular Hbond substituents is 1. The van der Waals surface area contributed by atoms with Crippen LogP contribution >= 0.6 is 39.1 Å². The van der Waals surface area contributed by atoms with Crippen LogP contribution in [0.4, 0.5) is 33.3 Å². The van der Waals surface area contributed by atoms with Gasteiger partial charge in [0.05, 0.1) is 17.5 Å². The molecule has 16 heteroatoms. The van der Waals surface area contributed by atoms with Crippen LogP contribution in [0.15, 0.2) is 58.6 Å². The van der Waals surface area contributed by atoms with Crippen molar-refractivity contribution in [2.75, 3.05) is 9.80 Å². The monoisotopic (exact) mass is 796 g/mol. The van der Waals surface area contributed by atoms with Crippen LogP contribution in [0, 0.1) is 46.8 Å². The molecule has 8 nitrogen and oxygen atoms in total. The maximum absolute atomic E-state index is 15.2. The number of nitrogens with zero attached hydrogens (tertiary/aromatic N) is 2. The van der Waals surface area contributed by atoms with E-state index in [9.17, 15) is 42.3 Å². The zero-order chi connectivity index (χ0) is 36.4. The number of carbonyl (C=O) groups excluding carboxylic acids is 5. The fourth-order valence-corrected chi connectivity index (χ4v) is 9.07. The highest BCUT2D eigenvalue weighted by molar-refractivity contribution is 9.10. The fraction of sp³-hybridized carbons (Fsp3) is 0.265. The van der Waals surface area contributed by atoms with Crippen molar-refractivity contribution in [3.63, 3.8) is 0 Å². The number of Topliss-reactive ketones (excluding diaryl/α,β-unsaturated/α-hetero) is 1. The Bertz CT molecular complexity index is 2120. The number of imide groups is 2. The SMILES string of the molecule is CC(=O)c1ccc(N2C(=O)[C@H]3[C@H](CC=C4[C@H]3C[C@@]3(Cl)C(=O)N(c5c(F)c(F)c(F)c(F)c5F)C(=O)[C@@]3(Cl)[C@H]4c3cc(Br)ccc3O)C2=O)cc1. The number of anilines is 2. The van der Waals surface area contributed by atoms with E-state index in [0.29, 0.717) is 10.0 Å². The molecule has 3 fully saturated rings. The topological polar surface area (TPSA) is 112 Å². The van der Waals surface area contributed by atoms with Gasteiger partial charge in [-0.25, -0.2) is 26.9 Å². The predicted octanol–water partition coefficient (Wildman–Crippen LogP) is 6.82. The molecule has 0 radical (unpaired) electrons. The van der Waals surface area contributed by atoms with Crippen molar-refractivity contribution < 1.29 is 51.0 Å². The van der Waals surface area contributed by atoms with Crippen LogP contribution in [-0.2, 0) is 19.2 Å². The summed E-state index contributed by atoms with van der Waals surface area (Å²) in [6, 6.07) is 9.66. The summed E-state index contributed by atoms with van der Waals surface area (Å²) >= 11 is 17.4. The van der Waals surface area contributed by atoms with Crippen molar-refractivity contribution in [2.45, 2.75) is 35.4 Å². The molecular weight excluding hydrogens is 778 g/mol. The summed E-state index contributed by atoms with van der Waals surface area (Å²) in [5.41, 5.74) is -1.37. The van der Waals surface area contributed by atoms with Gasteiger partial charge >= 0.3 is 0 Å². The number of fused-ring (bicyclic) bond motifs is 4. The van der Waals surface area contributed by atoms with Gasteiger partial charge in [-0.15, -0.1) is 23.2 Å². The first-order chi connectivity index (χ1) is 23.5. The molecular formula is C34H20BrCl2F5N2O6. The van der Waals surface area contributed by atoms with Crippen molar-refractivity contribution in [3.8, 4) is 5.75 Å². The lowest BCUT2D eigenvalue weighted by atomic mass is 9.56. The molecule has 7 rings (SSSR count).